The van der Waals surface area contributed by atoms with Crippen molar-refractivity contribution in [3.8, 4) is 0 Å². The van der Waals surface area contributed by atoms with Gasteiger partial charge >= 0.3 is 0 Å². The predicted molar refractivity (Wildman–Crippen MR) is 39.5 cm³/mol. The van der Waals surface area contributed by atoms with E-state index in [-0.39, 0.29) is 6.61 Å². The highest BCUT2D eigenvalue weighted by Gasteiger charge is 2.03. The molecule has 0 amide bonds. The summed E-state index contributed by atoms with van der Waals surface area (Å²) in [4.78, 5) is 0. The van der Waals surface area contributed by atoms with E-state index in [1.165, 1.54) is 16.8 Å². The zero-order valence-corrected chi connectivity index (χ0v) is 7.35. The molecular formula is C4H6N2O3S2. The van der Waals surface area contributed by atoms with Gasteiger partial charge in [-0.25, -0.2) is 0 Å². The molecule has 0 aliphatic heterocycles. The van der Waals surface area contributed by atoms with Crippen molar-refractivity contribution in [2.75, 3.05) is 6.26 Å². The molecule has 0 bridgehead atoms. The van der Waals surface area contributed by atoms with Crippen molar-refractivity contribution in [3.05, 3.63) is 10.5 Å². The van der Waals surface area contributed by atoms with Crippen LogP contribution in [0.2, 0.25) is 0 Å². The maximum Gasteiger partial charge on any atom is 0.264 e. The normalized spacial score (nSPS) is 11.7. The van der Waals surface area contributed by atoms with Gasteiger partial charge in [-0.3, -0.25) is 4.18 Å². The summed E-state index contributed by atoms with van der Waals surface area (Å²) in [5.74, 6) is 0. The maximum absolute atomic E-state index is 10.5. The molecule has 1 aromatic rings. The highest BCUT2D eigenvalue weighted by molar-refractivity contribution is 7.85. The van der Waals surface area contributed by atoms with Gasteiger partial charge in [0.1, 0.15) is 17.1 Å². The summed E-state index contributed by atoms with van der Waals surface area (Å²) in [6.07, 6.45) is 0.994. The van der Waals surface area contributed by atoms with E-state index in [0.29, 0.717) is 5.01 Å². The molecular weight excluding hydrogens is 188 g/mol. The van der Waals surface area contributed by atoms with Crippen molar-refractivity contribution in [2.24, 2.45) is 0 Å². The Kier molecular flexibility index (Phi) is 2.53. The van der Waals surface area contributed by atoms with Gasteiger partial charge in [0.05, 0.1) is 6.26 Å². The lowest BCUT2D eigenvalue weighted by molar-refractivity contribution is 0.310. The molecule has 0 N–H and O–H groups in total. The molecule has 0 radical (unpaired) electrons. The van der Waals surface area contributed by atoms with Gasteiger partial charge in [0.15, 0.2) is 0 Å². The number of hydrogen-bond donors (Lipinski definition) is 0. The van der Waals surface area contributed by atoms with Gasteiger partial charge < -0.3 is 0 Å². The van der Waals surface area contributed by atoms with E-state index >= 15 is 0 Å². The molecule has 0 spiro atoms. The Balaban J connectivity index is 2.48. The summed E-state index contributed by atoms with van der Waals surface area (Å²) >= 11 is 1.25. The smallest absolute Gasteiger partial charge is 0.263 e. The topological polar surface area (TPSA) is 69.2 Å². The lowest BCUT2D eigenvalue weighted by Gasteiger charge is -1.94. The van der Waals surface area contributed by atoms with E-state index in [0.717, 1.165) is 6.26 Å². The van der Waals surface area contributed by atoms with Gasteiger partial charge in [-0.1, -0.05) is 0 Å². The summed E-state index contributed by atoms with van der Waals surface area (Å²) in [5, 5.41) is 7.67. The number of hydrogen-bond acceptors (Lipinski definition) is 6. The average Bonchev–Trinajstić information content (AvgIpc) is 2.32. The van der Waals surface area contributed by atoms with Crippen LogP contribution in [-0.2, 0) is 20.9 Å². The number of aromatic nitrogens is 2. The summed E-state index contributed by atoms with van der Waals surface area (Å²) in [6, 6.07) is 0. The second-order valence-corrected chi connectivity index (χ2v) is 4.36. The maximum atomic E-state index is 10.5. The van der Waals surface area contributed by atoms with Crippen molar-refractivity contribution in [3.63, 3.8) is 0 Å². The minimum atomic E-state index is -3.36. The molecule has 1 aromatic heterocycles. The second-order valence-electron chi connectivity index (χ2n) is 1.80. The van der Waals surface area contributed by atoms with Crippen molar-refractivity contribution >= 4 is 21.5 Å². The molecule has 0 aliphatic rings. The predicted octanol–water partition coefficient (Wildman–Crippen LogP) is 0.0143. The Labute approximate surface area is 68.2 Å². The molecule has 11 heavy (non-hydrogen) atoms. The molecule has 1 rings (SSSR count). The summed E-state index contributed by atoms with van der Waals surface area (Å²) in [7, 11) is -3.36. The zero-order valence-electron chi connectivity index (χ0n) is 5.72. The van der Waals surface area contributed by atoms with E-state index in [1.807, 2.05) is 0 Å². The van der Waals surface area contributed by atoms with Crippen LogP contribution in [0.15, 0.2) is 5.51 Å². The van der Waals surface area contributed by atoms with E-state index < -0.39 is 10.1 Å². The van der Waals surface area contributed by atoms with Crippen LogP contribution in [0, 0.1) is 0 Å². The van der Waals surface area contributed by atoms with Crippen LogP contribution in [0.4, 0.5) is 0 Å². The first-order valence-corrected chi connectivity index (χ1v) is 5.37. The van der Waals surface area contributed by atoms with E-state index in [2.05, 4.69) is 14.4 Å². The van der Waals surface area contributed by atoms with E-state index in [1.54, 1.807) is 0 Å². The van der Waals surface area contributed by atoms with Crippen molar-refractivity contribution < 1.29 is 12.6 Å². The number of rotatable bonds is 3. The van der Waals surface area contributed by atoms with Crippen LogP contribution in [0.5, 0.6) is 0 Å². The van der Waals surface area contributed by atoms with E-state index in [9.17, 15) is 8.42 Å². The van der Waals surface area contributed by atoms with Crippen molar-refractivity contribution in [2.45, 2.75) is 6.61 Å². The standard InChI is InChI=1S/C4H6N2O3S2/c1-11(7,8)9-2-4-6-5-3-10-4/h3H,2H2,1H3. The minimum absolute atomic E-state index is 0.0243. The van der Waals surface area contributed by atoms with Crippen molar-refractivity contribution in [1.82, 2.24) is 10.2 Å². The Morgan fingerprint density at radius 3 is 2.91 bits per heavy atom. The second kappa shape index (κ2) is 3.24. The highest BCUT2D eigenvalue weighted by atomic mass is 32.2. The molecule has 0 atom stereocenters. The SMILES string of the molecule is CS(=O)(=O)OCc1nncs1. The Morgan fingerprint density at radius 2 is 2.45 bits per heavy atom. The van der Waals surface area contributed by atoms with Crippen LogP contribution in [0.1, 0.15) is 5.01 Å². The fourth-order valence-electron chi connectivity index (χ4n) is 0.416. The molecule has 0 fully saturated rings. The first-order chi connectivity index (χ1) is 5.08. The van der Waals surface area contributed by atoms with Crippen LogP contribution < -0.4 is 0 Å². The van der Waals surface area contributed by atoms with Gasteiger partial charge in [-0.2, -0.15) is 8.42 Å². The fourth-order valence-corrected chi connectivity index (χ4v) is 1.25. The Morgan fingerprint density at radius 1 is 1.73 bits per heavy atom. The van der Waals surface area contributed by atoms with Gasteiger partial charge in [0.25, 0.3) is 10.1 Å². The average molecular weight is 194 g/mol. The molecule has 0 aliphatic carbocycles. The summed E-state index contributed by atoms with van der Waals surface area (Å²) in [5.41, 5.74) is 1.51. The highest BCUT2D eigenvalue weighted by Crippen LogP contribution is 2.04. The monoisotopic (exact) mass is 194 g/mol. The molecule has 0 aromatic carbocycles. The molecule has 62 valence electrons. The third kappa shape index (κ3) is 3.40. The van der Waals surface area contributed by atoms with Crippen LogP contribution in [-0.4, -0.2) is 24.9 Å². The lowest BCUT2D eigenvalue weighted by Crippen LogP contribution is -2.02. The Bertz CT molecular complexity index is 304. The van der Waals surface area contributed by atoms with E-state index in [4.69, 9.17) is 0 Å². The lowest BCUT2D eigenvalue weighted by atomic mass is 10.8. The quantitative estimate of drug-likeness (QED) is 0.634. The molecule has 0 unspecified atom stereocenters. The molecule has 0 saturated heterocycles. The number of nitrogens with zero attached hydrogens (tertiary/aromatic N) is 2. The summed E-state index contributed by atoms with van der Waals surface area (Å²) in [6.45, 7) is -0.0243. The van der Waals surface area contributed by atoms with Crippen molar-refractivity contribution in [1.29, 1.82) is 0 Å². The van der Waals surface area contributed by atoms with Crippen LogP contribution in [0.3, 0.4) is 0 Å². The molecule has 0 saturated carbocycles. The van der Waals surface area contributed by atoms with Gasteiger partial charge in [-0.05, 0) is 0 Å². The van der Waals surface area contributed by atoms with Gasteiger partial charge in [0, 0.05) is 0 Å². The molecule has 1 heterocycles. The zero-order chi connectivity index (χ0) is 8.32. The third-order valence-electron chi connectivity index (χ3n) is 0.802. The summed E-state index contributed by atoms with van der Waals surface area (Å²) < 4.78 is 25.4. The first-order valence-electron chi connectivity index (χ1n) is 2.67. The molecule has 7 heteroatoms. The largest absolute Gasteiger partial charge is 0.264 e. The van der Waals surface area contributed by atoms with Gasteiger partial charge in [0.2, 0.25) is 0 Å². The van der Waals surface area contributed by atoms with Crippen LogP contribution in [0.25, 0.3) is 0 Å². The minimum Gasteiger partial charge on any atom is -0.263 e. The third-order valence-corrected chi connectivity index (χ3v) is 2.02. The van der Waals surface area contributed by atoms with Crippen LogP contribution >= 0.6 is 11.3 Å². The fraction of sp³-hybridized carbons (Fsp3) is 0.500. The molecule has 5 nitrogen and oxygen atoms in total. The van der Waals surface area contributed by atoms with Gasteiger partial charge in [-0.15, -0.1) is 21.5 Å². The Hall–Kier alpha value is -0.530. The first kappa shape index (κ1) is 8.57.